The van der Waals surface area contributed by atoms with E-state index < -0.39 is 17.7 Å². The standard InChI is InChI=1S/C31H35N3O5S/c1-18-10-12-22(19(2)16-18)32-29(35)26-27-21-8-7-9-24(37-5)28(21)39-31(26,3)34(30(40)33-27)15-14-20-11-13-23(36-4)25(17-20)38-6/h7-13,16-17,26-27H,14-15H2,1-6H3,(H,32,35)(H,33,40)/t26-,27+,31+/m1/s1. The van der Waals surface area contributed by atoms with Gasteiger partial charge in [0.15, 0.2) is 33.8 Å². The fourth-order valence-electron chi connectivity index (χ4n) is 5.76. The van der Waals surface area contributed by atoms with E-state index in [4.69, 9.17) is 31.2 Å². The number of carbonyl (C=O) groups excluding carboxylic acids is 1. The Bertz CT molecular complexity index is 1460. The maximum atomic E-state index is 14.1. The first-order chi connectivity index (χ1) is 19.2. The molecule has 1 saturated heterocycles. The van der Waals surface area contributed by atoms with Gasteiger partial charge in [-0.1, -0.05) is 35.9 Å². The Morgan fingerprint density at radius 2 is 1.77 bits per heavy atom. The van der Waals surface area contributed by atoms with E-state index in [9.17, 15) is 4.79 Å². The van der Waals surface area contributed by atoms with Crippen molar-refractivity contribution in [2.24, 2.45) is 5.92 Å². The molecule has 2 heterocycles. The van der Waals surface area contributed by atoms with Gasteiger partial charge in [0.25, 0.3) is 0 Å². The molecule has 0 radical (unpaired) electrons. The average Bonchev–Trinajstić information content (AvgIpc) is 2.93. The molecule has 0 saturated carbocycles. The number of anilines is 1. The van der Waals surface area contributed by atoms with Gasteiger partial charge in [0.05, 0.1) is 27.4 Å². The molecule has 210 valence electrons. The fourth-order valence-corrected chi connectivity index (χ4v) is 6.16. The summed E-state index contributed by atoms with van der Waals surface area (Å²) in [6, 6.07) is 17.1. The molecule has 0 aliphatic carbocycles. The molecule has 8 nitrogen and oxygen atoms in total. The first-order valence-electron chi connectivity index (χ1n) is 13.2. The summed E-state index contributed by atoms with van der Waals surface area (Å²) >= 11 is 5.88. The zero-order valence-corrected chi connectivity index (χ0v) is 24.5. The largest absolute Gasteiger partial charge is 0.493 e. The maximum Gasteiger partial charge on any atom is 0.236 e. The van der Waals surface area contributed by atoms with Gasteiger partial charge in [-0.15, -0.1) is 0 Å². The number of aryl methyl sites for hydroxylation is 2. The summed E-state index contributed by atoms with van der Waals surface area (Å²) in [4.78, 5) is 16.1. The summed E-state index contributed by atoms with van der Waals surface area (Å²) < 4.78 is 23.3. The van der Waals surface area contributed by atoms with E-state index in [2.05, 4.69) is 16.7 Å². The van der Waals surface area contributed by atoms with Crippen LogP contribution in [0.5, 0.6) is 23.0 Å². The van der Waals surface area contributed by atoms with Crippen molar-refractivity contribution in [1.82, 2.24) is 10.2 Å². The predicted octanol–water partition coefficient (Wildman–Crippen LogP) is 5.17. The van der Waals surface area contributed by atoms with Gasteiger partial charge in [-0.05, 0) is 74.8 Å². The molecule has 2 bridgehead atoms. The Morgan fingerprint density at radius 1 is 1.02 bits per heavy atom. The third kappa shape index (κ3) is 4.79. The number of para-hydroxylation sites is 1. The summed E-state index contributed by atoms with van der Waals surface area (Å²) in [6.07, 6.45) is 0.635. The normalized spacial score (nSPS) is 21.1. The van der Waals surface area contributed by atoms with Gasteiger partial charge in [0.2, 0.25) is 5.91 Å². The number of benzene rings is 3. The van der Waals surface area contributed by atoms with Crippen LogP contribution < -0.4 is 29.6 Å². The van der Waals surface area contributed by atoms with E-state index >= 15 is 0 Å². The molecule has 1 fully saturated rings. The molecule has 40 heavy (non-hydrogen) atoms. The minimum atomic E-state index is -1.09. The second kappa shape index (κ2) is 10.9. The lowest BCUT2D eigenvalue weighted by molar-refractivity contribution is -0.149. The Labute approximate surface area is 240 Å². The molecule has 3 aromatic rings. The van der Waals surface area contributed by atoms with E-state index in [0.29, 0.717) is 41.1 Å². The molecule has 1 amide bonds. The van der Waals surface area contributed by atoms with E-state index in [-0.39, 0.29) is 5.91 Å². The van der Waals surface area contributed by atoms with Gasteiger partial charge >= 0.3 is 0 Å². The molecular weight excluding hydrogens is 526 g/mol. The van der Waals surface area contributed by atoms with Crippen LogP contribution in [0.3, 0.4) is 0 Å². The number of thiocarbonyl (C=S) groups is 1. The van der Waals surface area contributed by atoms with Crippen LogP contribution in [-0.4, -0.2) is 49.5 Å². The van der Waals surface area contributed by atoms with Crippen molar-refractivity contribution < 1.29 is 23.7 Å². The number of ether oxygens (including phenoxy) is 4. The third-order valence-corrected chi connectivity index (χ3v) is 8.18. The van der Waals surface area contributed by atoms with Crippen LogP contribution >= 0.6 is 12.2 Å². The monoisotopic (exact) mass is 561 g/mol. The van der Waals surface area contributed by atoms with Crippen molar-refractivity contribution in [3.05, 3.63) is 76.9 Å². The highest BCUT2D eigenvalue weighted by Crippen LogP contribution is 2.51. The Hall–Kier alpha value is -3.98. The molecule has 0 aromatic heterocycles. The van der Waals surface area contributed by atoms with Crippen LogP contribution in [-0.2, 0) is 11.2 Å². The first-order valence-corrected chi connectivity index (χ1v) is 13.6. The molecular formula is C31H35N3O5S. The number of hydrogen-bond donors (Lipinski definition) is 2. The quantitative estimate of drug-likeness (QED) is 0.365. The number of hydrogen-bond acceptors (Lipinski definition) is 6. The van der Waals surface area contributed by atoms with Crippen LogP contribution in [0.15, 0.2) is 54.6 Å². The molecule has 2 N–H and O–H groups in total. The van der Waals surface area contributed by atoms with Crippen molar-refractivity contribution in [2.75, 3.05) is 33.2 Å². The highest BCUT2D eigenvalue weighted by Gasteiger charge is 2.59. The smallest absolute Gasteiger partial charge is 0.236 e. The first kappa shape index (κ1) is 27.6. The molecule has 2 aliphatic heterocycles. The molecule has 0 spiro atoms. The Balaban J connectivity index is 1.52. The number of methoxy groups -OCH3 is 3. The molecule has 9 heteroatoms. The van der Waals surface area contributed by atoms with E-state index in [0.717, 1.165) is 27.9 Å². The lowest BCUT2D eigenvalue weighted by atomic mass is 9.78. The van der Waals surface area contributed by atoms with Crippen molar-refractivity contribution in [2.45, 2.75) is 39.0 Å². The van der Waals surface area contributed by atoms with E-state index in [1.54, 1.807) is 21.3 Å². The number of amides is 1. The van der Waals surface area contributed by atoms with Gasteiger partial charge < -0.3 is 34.5 Å². The van der Waals surface area contributed by atoms with Crippen molar-refractivity contribution in [1.29, 1.82) is 0 Å². The highest BCUT2D eigenvalue weighted by molar-refractivity contribution is 7.80. The van der Waals surface area contributed by atoms with Crippen LogP contribution in [0.25, 0.3) is 0 Å². The lowest BCUT2D eigenvalue weighted by Gasteiger charge is -2.56. The van der Waals surface area contributed by atoms with Gasteiger partial charge in [-0.3, -0.25) is 4.79 Å². The number of carbonyl (C=O) groups is 1. The predicted molar refractivity (Wildman–Crippen MR) is 158 cm³/mol. The van der Waals surface area contributed by atoms with Crippen LogP contribution in [0, 0.1) is 19.8 Å². The number of nitrogens with zero attached hydrogens (tertiary/aromatic N) is 1. The number of fused-ring (bicyclic) bond motifs is 4. The van der Waals surface area contributed by atoms with Crippen molar-refractivity contribution in [3.8, 4) is 23.0 Å². The van der Waals surface area contributed by atoms with E-state index in [1.165, 1.54) is 0 Å². The van der Waals surface area contributed by atoms with Gasteiger partial charge in [-0.25, -0.2) is 0 Å². The van der Waals surface area contributed by atoms with Crippen molar-refractivity contribution in [3.63, 3.8) is 0 Å². The summed E-state index contributed by atoms with van der Waals surface area (Å²) in [5.41, 5.74) is 3.68. The van der Waals surface area contributed by atoms with Crippen LogP contribution in [0.2, 0.25) is 0 Å². The Kier molecular flexibility index (Phi) is 7.51. The Morgan fingerprint density at radius 3 is 2.48 bits per heavy atom. The molecule has 5 rings (SSSR count). The molecule has 2 aliphatic rings. The second-order valence-corrected chi connectivity index (χ2v) is 10.7. The summed E-state index contributed by atoms with van der Waals surface area (Å²) in [5.74, 6) is 1.77. The topological polar surface area (TPSA) is 81.3 Å². The maximum absolute atomic E-state index is 14.1. The second-order valence-electron chi connectivity index (χ2n) is 10.3. The van der Waals surface area contributed by atoms with Crippen LogP contribution in [0.4, 0.5) is 5.69 Å². The van der Waals surface area contributed by atoms with Crippen molar-refractivity contribution >= 4 is 28.9 Å². The van der Waals surface area contributed by atoms with Gasteiger partial charge in [0.1, 0.15) is 5.92 Å². The van der Waals surface area contributed by atoms with E-state index in [1.807, 2.05) is 74.2 Å². The molecule has 0 unspecified atom stereocenters. The lowest BCUT2D eigenvalue weighted by Crippen LogP contribution is -2.71. The summed E-state index contributed by atoms with van der Waals surface area (Å²) in [6.45, 7) is 6.46. The minimum Gasteiger partial charge on any atom is -0.493 e. The zero-order valence-electron chi connectivity index (χ0n) is 23.7. The number of nitrogens with one attached hydrogen (secondary N) is 2. The SMILES string of the molecule is COc1ccc(CCN2C(=S)N[C@H]3c4cccc(OC)c4O[C@@]2(C)[C@H]3C(=O)Nc2ccc(C)cc2C)cc1OC. The minimum absolute atomic E-state index is 0.154. The zero-order chi connectivity index (χ0) is 28.6. The number of rotatable bonds is 8. The summed E-state index contributed by atoms with van der Waals surface area (Å²) in [7, 11) is 4.84. The van der Waals surface area contributed by atoms with Gasteiger partial charge in [-0.2, -0.15) is 0 Å². The fraction of sp³-hybridized carbons (Fsp3) is 0.355. The molecule has 3 aromatic carbocycles. The molecule has 3 atom stereocenters. The summed E-state index contributed by atoms with van der Waals surface area (Å²) in [5, 5.41) is 7.16. The third-order valence-electron chi connectivity index (χ3n) is 7.84. The van der Waals surface area contributed by atoms with Crippen LogP contribution in [0.1, 0.15) is 35.2 Å². The van der Waals surface area contributed by atoms with Gasteiger partial charge in [0, 0.05) is 17.8 Å². The highest BCUT2D eigenvalue weighted by atomic mass is 32.1. The average molecular weight is 562 g/mol.